The molecule has 0 aromatic carbocycles. The molecule has 0 bridgehead atoms. The maximum absolute atomic E-state index is 12.5. The van der Waals surface area contributed by atoms with Gasteiger partial charge < -0.3 is 10.4 Å². The van der Waals surface area contributed by atoms with Gasteiger partial charge in [0.2, 0.25) is 5.95 Å². The largest absolute Gasteiger partial charge is 0.393 e. The molecule has 1 aromatic rings. The number of halogens is 1. The topological polar surface area (TPSA) is 58.0 Å². The number of aliphatic hydroxyl groups excluding tert-OH is 1. The fraction of sp³-hybridized carbons (Fsp3) is 0.500. The summed E-state index contributed by atoms with van der Waals surface area (Å²) in [5.74, 6) is -0.123. The Morgan fingerprint density at radius 2 is 2.38 bits per heavy atom. The molecule has 13 heavy (non-hydrogen) atoms. The molecule has 0 aliphatic heterocycles. The summed E-state index contributed by atoms with van der Waals surface area (Å²) in [6.45, 7) is 2.26. The molecule has 72 valence electrons. The van der Waals surface area contributed by atoms with Gasteiger partial charge in [0.05, 0.1) is 6.10 Å². The number of hydrogen-bond acceptors (Lipinski definition) is 4. The molecule has 2 N–H and O–H groups in total. The first-order chi connectivity index (χ1) is 6.18. The van der Waals surface area contributed by atoms with Crippen molar-refractivity contribution in [1.82, 2.24) is 9.97 Å². The molecule has 0 aliphatic carbocycles. The molecule has 0 fully saturated rings. The third-order valence-corrected chi connectivity index (χ3v) is 1.50. The smallest absolute Gasteiger partial charge is 0.217 e. The SMILES string of the molecule is CC(O)CCNc1cc(F)ncn1. The van der Waals surface area contributed by atoms with E-state index >= 15 is 0 Å². The van der Waals surface area contributed by atoms with Gasteiger partial charge in [0.25, 0.3) is 0 Å². The standard InChI is InChI=1S/C8H12FN3O/c1-6(13)2-3-10-8-4-7(9)11-5-12-8/h4-6,13H,2-3H2,1H3,(H,10,11,12). The van der Waals surface area contributed by atoms with E-state index in [0.717, 1.165) is 6.33 Å². The first kappa shape index (κ1) is 9.85. The summed E-state index contributed by atoms with van der Waals surface area (Å²) >= 11 is 0. The van der Waals surface area contributed by atoms with Crippen molar-refractivity contribution in [2.45, 2.75) is 19.4 Å². The van der Waals surface area contributed by atoms with Crippen LogP contribution in [0.4, 0.5) is 10.2 Å². The van der Waals surface area contributed by atoms with Gasteiger partial charge in [-0.1, -0.05) is 0 Å². The van der Waals surface area contributed by atoms with E-state index in [9.17, 15) is 4.39 Å². The van der Waals surface area contributed by atoms with Crippen LogP contribution in [0.25, 0.3) is 0 Å². The van der Waals surface area contributed by atoms with Crippen LogP contribution in [-0.2, 0) is 0 Å². The van der Waals surface area contributed by atoms with E-state index < -0.39 is 5.95 Å². The van der Waals surface area contributed by atoms with Crippen LogP contribution < -0.4 is 5.32 Å². The maximum Gasteiger partial charge on any atom is 0.217 e. The first-order valence-electron chi connectivity index (χ1n) is 4.08. The molecule has 0 radical (unpaired) electrons. The lowest BCUT2D eigenvalue weighted by molar-refractivity contribution is 0.188. The van der Waals surface area contributed by atoms with Crippen LogP contribution in [0.5, 0.6) is 0 Å². The van der Waals surface area contributed by atoms with Crippen LogP contribution in [0.1, 0.15) is 13.3 Å². The lowest BCUT2D eigenvalue weighted by Crippen LogP contribution is -2.10. The zero-order valence-corrected chi connectivity index (χ0v) is 7.37. The minimum atomic E-state index is -0.561. The summed E-state index contributed by atoms with van der Waals surface area (Å²) in [4.78, 5) is 7.11. The molecule has 5 heteroatoms. The Balaban J connectivity index is 2.37. The molecule has 0 aliphatic rings. The molecule has 1 rings (SSSR count). The molecule has 0 saturated heterocycles. The van der Waals surface area contributed by atoms with Gasteiger partial charge in [-0.05, 0) is 13.3 Å². The second kappa shape index (κ2) is 4.71. The number of hydrogen-bond donors (Lipinski definition) is 2. The van der Waals surface area contributed by atoms with Crippen LogP contribution in [0.2, 0.25) is 0 Å². The molecule has 1 unspecified atom stereocenters. The fourth-order valence-corrected chi connectivity index (χ4v) is 0.839. The minimum Gasteiger partial charge on any atom is -0.393 e. The number of nitrogens with zero attached hydrogens (tertiary/aromatic N) is 2. The number of nitrogens with one attached hydrogen (secondary N) is 1. The highest BCUT2D eigenvalue weighted by Crippen LogP contribution is 2.02. The monoisotopic (exact) mass is 185 g/mol. The average molecular weight is 185 g/mol. The van der Waals surface area contributed by atoms with E-state index in [1.54, 1.807) is 6.92 Å². The Hall–Kier alpha value is -1.23. The highest BCUT2D eigenvalue weighted by atomic mass is 19.1. The van der Waals surface area contributed by atoms with Gasteiger partial charge in [-0.25, -0.2) is 9.97 Å². The molecule has 0 saturated carbocycles. The second-order valence-corrected chi connectivity index (χ2v) is 2.79. The highest BCUT2D eigenvalue weighted by Gasteiger charge is 1.98. The van der Waals surface area contributed by atoms with E-state index in [2.05, 4.69) is 15.3 Å². The van der Waals surface area contributed by atoms with Crippen LogP contribution in [0.15, 0.2) is 12.4 Å². The van der Waals surface area contributed by atoms with E-state index in [0.29, 0.717) is 18.8 Å². The summed E-state index contributed by atoms with van der Waals surface area (Å²) in [7, 11) is 0. The Morgan fingerprint density at radius 3 is 3.00 bits per heavy atom. The van der Waals surface area contributed by atoms with Gasteiger partial charge in [-0.15, -0.1) is 0 Å². The van der Waals surface area contributed by atoms with Gasteiger partial charge in [0.1, 0.15) is 12.1 Å². The molecule has 1 aromatic heterocycles. The fourth-order valence-electron chi connectivity index (χ4n) is 0.839. The number of aromatic nitrogens is 2. The zero-order valence-electron chi connectivity index (χ0n) is 7.37. The number of anilines is 1. The van der Waals surface area contributed by atoms with Gasteiger partial charge in [0, 0.05) is 12.6 Å². The van der Waals surface area contributed by atoms with Crippen molar-refractivity contribution in [1.29, 1.82) is 0 Å². The minimum absolute atomic E-state index is 0.362. The third kappa shape index (κ3) is 3.80. The van der Waals surface area contributed by atoms with Gasteiger partial charge in [-0.3, -0.25) is 0 Å². The Labute approximate surface area is 75.8 Å². The van der Waals surface area contributed by atoms with Crippen molar-refractivity contribution >= 4 is 5.82 Å². The molecular weight excluding hydrogens is 173 g/mol. The first-order valence-corrected chi connectivity index (χ1v) is 4.08. The summed E-state index contributed by atoms with van der Waals surface area (Å²) in [6, 6.07) is 1.21. The van der Waals surface area contributed by atoms with Crippen molar-refractivity contribution in [3.05, 3.63) is 18.3 Å². The Bertz CT molecular complexity index is 267. The normalized spacial score (nSPS) is 12.5. The van der Waals surface area contributed by atoms with Gasteiger partial charge in [0.15, 0.2) is 0 Å². The molecule has 4 nitrogen and oxygen atoms in total. The van der Waals surface area contributed by atoms with Crippen LogP contribution in [-0.4, -0.2) is 27.7 Å². The highest BCUT2D eigenvalue weighted by molar-refractivity contribution is 5.31. The van der Waals surface area contributed by atoms with Gasteiger partial charge in [-0.2, -0.15) is 4.39 Å². The average Bonchev–Trinajstić information content (AvgIpc) is 2.03. The Morgan fingerprint density at radius 1 is 1.62 bits per heavy atom. The van der Waals surface area contributed by atoms with E-state index in [1.165, 1.54) is 6.07 Å². The molecule has 1 atom stereocenters. The molecular formula is C8H12FN3O. The van der Waals surface area contributed by atoms with E-state index in [1.807, 2.05) is 0 Å². The molecule has 0 amide bonds. The van der Waals surface area contributed by atoms with Crippen molar-refractivity contribution < 1.29 is 9.50 Å². The lowest BCUT2D eigenvalue weighted by atomic mass is 10.3. The van der Waals surface area contributed by atoms with E-state index in [-0.39, 0.29) is 6.10 Å². The van der Waals surface area contributed by atoms with Crippen LogP contribution >= 0.6 is 0 Å². The van der Waals surface area contributed by atoms with Crippen LogP contribution in [0, 0.1) is 5.95 Å². The zero-order chi connectivity index (χ0) is 9.68. The maximum atomic E-state index is 12.5. The van der Waals surface area contributed by atoms with Crippen molar-refractivity contribution in [2.24, 2.45) is 0 Å². The van der Waals surface area contributed by atoms with E-state index in [4.69, 9.17) is 5.11 Å². The quantitative estimate of drug-likeness (QED) is 0.681. The predicted molar refractivity (Wildman–Crippen MR) is 46.8 cm³/mol. The molecule has 0 spiro atoms. The lowest BCUT2D eigenvalue weighted by Gasteiger charge is -2.06. The van der Waals surface area contributed by atoms with Gasteiger partial charge >= 0.3 is 0 Å². The number of rotatable bonds is 4. The second-order valence-electron chi connectivity index (χ2n) is 2.79. The van der Waals surface area contributed by atoms with Crippen molar-refractivity contribution in [3.63, 3.8) is 0 Å². The van der Waals surface area contributed by atoms with Crippen molar-refractivity contribution in [2.75, 3.05) is 11.9 Å². The number of aliphatic hydroxyl groups is 1. The summed E-state index contributed by atoms with van der Waals surface area (Å²) in [6.07, 6.45) is 1.39. The Kier molecular flexibility index (Phi) is 3.57. The van der Waals surface area contributed by atoms with Crippen molar-refractivity contribution in [3.8, 4) is 0 Å². The predicted octanol–water partition coefficient (Wildman–Crippen LogP) is 0.798. The summed E-state index contributed by atoms with van der Waals surface area (Å²) < 4.78 is 12.5. The summed E-state index contributed by atoms with van der Waals surface area (Å²) in [5.41, 5.74) is 0. The molecule has 1 heterocycles. The summed E-state index contributed by atoms with van der Waals surface area (Å²) in [5, 5.41) is 11.8. The van der Waals surface area contributed by atoms with Crippen LogP contribution in [0.3, 0.4) is 0 Å². The third-order valence-electron chi connectivity index (χ3n) is 1.50.